The minimum absolute atomic E-state index is 0.320. The highest BCUT2D eigenvalue weighted by atomic mass is 15.4. The topological polar surface area (TPSA) is 87.1 Å². The quantitative estimate of drug-likeness (QED) is 0.244. The SMILES string of the molecule is C/C(C=NNc1nc(Nc2ccccc2)nc(Nc2ccccc2)n1)=C/c1ccccc1. The van der Waals surface area contributed by atoms with E-state index in [4.69, 9.17) is 0 Å². The van der Waals surface area contributed by atoms with Crippen molar-refractivity contribution in [2.75, 3.05) is 16.1 Å². The number of nitrogens with one attached hydrogen (secondary N) is 3. The van der Waals surface area contributed by atoms with E-state index in [1.54, 1.807) is 6.21 Å². The minimum atomic E-state index is 0.320. The second-order valence-corrected chi connectivity index (χ2v) is 6.96. The molecule has 3 N–H and O–H groups in total. The molecule has 1 heterocycles. The van der Waals surface area contributed by atoms with Crippen LogP contribution in [0.3, 0.4) is 0 Å². The van der Waals surface area contributed by atoms with Crippen LogP contribution in [0.2, 0.25) is 0 Å². The standard InChI is InChI=1S/C25H23N7/c1-19(17-20-11-5-2-6-12-20)18-26-32-25-30-23(27-21-13-7-3-8-14-21)29-24(31-25)28-22-15-9-4-10-16-22/h2-18H,1H3,(H3,27,28,29,30,31,32)/b19-17-,26-18?. The van der Waals surface area contributed by atoms with E-state index in [0.717, 1.165) is 22.5 Å². The van der Waals surface area contributed by atoms with E-state index in [1.165, 1.54) is 0 Å². The fourth-order valence-corrected chi connectivity index (χ4v) is 2.88. The van der Waals surface area contributed by atoms with E-state index in [1.807, 2.05) is 104 Å². The zero-order valence-corrected chi connectivity index (χ0v) is 17.6. The van der Waals surface area contributed by atoms with Crippen LogP contribution in [0, 0.1) is 0 Å². The van der Waals surface area contributed by atoms with Crippen molar-refractivity contribution in [3.8, 4) is 0 Å². The van der Waals surface area contributed by atoms with Crippen LogP contribution in [0.25, 0.3) is 6.08 Å². The molecule has 0 aliphatic heterocycles. The third-order valence-electron chi connectivity index (χ3n) is 4.32. The zero-order valence-electron chi connectivity index (χ0n) is 17.6. The summed E-state index contributed by atoms with van der Waals surface area (Å²) in [6.07, 6.45) is 3.77. The predicted octanol–water partition coefficient (Wildman–Crippen LogP) is 5.86. The summed E-state index contributed by atoms with van der Waals surface area (Å²) < 4.78 is 0. The van der Waals surface area contributed by atoms with Crippen LogP contribution in [0.5, 0.6) is 0 Å². The van der Waals surface area contributed by atoms with Gasteiger partial charge in [-0.15, -0.1) is 0 Å². The second kappa shape index (κ2) is 10.5. The van der Waals surface area contributed by atoms with E-state index in [2.05, 4.69) is 36.1 Å². The van der Waals surface area contributed by atoms with Gasteiger partial charge in [-0.1, -0.05) is 72.8 Å². The van der Waals surface area contributed by atoms with Gasteiger partial charge in [-0.3, -0.25) is 0 Å². The lowest BCUT2D eigenvalue weighted by Crippen LogP contribution is -2.07. The number of hydrazone groups is 1. The number of rotatable bonds is 8. The van der Waals surface area contributed by atoms with Crippen LogP contribution < -0.4 is 16.1 Å². The molecule has 0 aliphatic rings. The maximum Gasteiger partial charge on any atom is 0.250 e. The Balaban J connectivity index is 1.53. The molecule has 0 spiro atoms. The molecule has 4 rings (SSSR count). The molecule has 0 unspecified atom stereocenters. The molecule has 0 bridgehead atoms. The van der Waals surface area contributed by atoms with Gasteiger partial charge in [0.1, 0.15) is 0 Å². The van der Waals surface area contributed by atoms with Crippen molar-refractivity contribution < 1.29 is 0 Å². The fraction of sp³-hybridized carbons (Fsp3) is 0.0400. The summed E-state index contributed by atoms with van der Waals surface area (Å²) in [6, 6.07) is 29.5. The van der Waals surface area contributed by atoms with Crippen molar-refractivity contribution in [2.24, 2.45) is 5.10 Å². The molecule has 0 amide bonds. The molecule has 7 nitrogen and oxygen atoms in total. The Morgan fingerprint density at radius 2 is 1.12 bits per heavy atom. The number of nitrogens with zero attached hydrogens (tertiary/aromatic N) is 4. The molecule has 3 aromatic carbocycles. The minimum Gasteiger partial charge on any atom is -0.324 e. The first-order chi connectivity index (χ1) is 15.7. The van der Waals surface area contributed by atoms with E-state index in [9.17, 15) is 0 Å². The Bertz CT molecular complexity index is 1130. The summed E-state index contributed by atoms with van der Waals surface area (Å²) >= 11 is 0. The van der Waals surface area contributed by atoms with Crippen LogP contribution in [-0.4, -0.2) is 21.2 Å². The van der Waals surface area contributed by atoms with E-state index < -0.39 is 0 Å². The molecule has 7 heteroatoms. The monoisotopic (exact) mass is 421 g/mol. The van der Waals surface area contributed by atoms with Gasteiger partial charge in [0.2, 0.25) is 17.8 Å². The molecule has 32 heavy (non-hydrogen) atoms. The van der Waals surface area contributed by atoms with Crippen molar-refractivity contribution in [1.82, 2.24) is 15.0 Å². The lowest BCUT2D eigenvalue weighted by atomic mass is 10.1. The van der Waals surface area contributed by atoms with Gasteiger partial charge in [-0.25, -0.2) is 5.43 Å². The molecule has 0 fully saturated rings. The number of benzene rings is 3. The Kier molecular flexibility index (Phi) is 6.80. The molecular formula is C25H23N7. The molecular weight excluding hydrogens is 398 g/mol. The molecule has 158 valence electrons. The summed E-state index contributed by atoms with van der Waals surface area (Å²) in [4.78, 5) is 13.3. The van der Waals surface area contributed by atoms with Gasteiger partial charge in [0, 0.05) is 11.4 Å². The largest absolute Gasteiger partial charge is 0.324 e. The average Bonchev–Trinajstić information content (AvgIpc) is 2.81. The number of anilines is 5. The summed E-state index contributed by atoms with van der Waals surface area (Å²) in [5, 5.41) is 10.7. The lowest BCUT2D eigenvalue weighted by molar-refractivity contribution is 1.04. The van der Waals surface area contributed by atoms with Crippen molar-refractivity contribution in [3.63, 3.8) is 0 Å². The van der Waals surface area contributed by atoms with Crippen LogP contribution in [0.1, 0.15) is 12.5 Å². The fourth-order valence-electron chi connectivity index (χ4n) is 2.88. The van der Waals surface area contributed by atoms with Gasteiger partial charge < -0.3 is 10.6 Å². The third kappa shape index (κ3) is 6.24. The highest BCUT2D eigenvalue weighted by Crippen LogP contribution is 2.18. The molecule has 0 radical (unpaired) electrons. The van der Waals surface area contributed by atoms with E-state index >= 15 is 0 Å². The molecule has 0 atom stereocenters. The Hall–Kier alpha value is -4.52. The Morgan fingerprint density at radius 1 is 0.656 bits per heavy atom. The first kappa shape index (κ1) is 20.7. The van der Waals surface area contributed by atoms with Gasteiger partial charge >= 0.3 is 0 Å². The first-order valence-corrected chi connectivity index (χ1v) is 10.2. The summed E-state index contributed by atoms with van der Waals surface area (Å²) in [5.41, 5.74) is 6.75. The van der Waals surface area contributed by atoms with Crippen molar-refractivity contribution in [3.05, 3.63) is 102 Å². The van der Waals surface area contributed by atoms with E-state index in [0.29, 0.717) is 17.8 Å². The van der Waals surface area contributed by atoms with Gasteiger partial charge in [0.25, 0.3) is 0 Å². The van der Waals surface area contributed by atoms with E-state index in [-0.39, 0.29) is 0 Å². The van der Waals surface area contributed by atoms with Crippen molar-refractivity contribution in [1.29, 1.82) is 0 Å². The van der Waals surface area contributed by atoms with Crippen LogP contribution in [-0.2, 0) is 0 Å². The smallest absolute Gasteiger partial charge is 0.250 e. The van der Waals surface area contributed by atoms with Gasteiger partial charge in [0.05, 0.1) is 6.21 Å². The molecule has 0 saturated carbocycles. The number of aromatic nitrogens is 3. The number of allylic oxidation sites excluding steroid dienone is 1. The first-order valence-electron chi connectivity index (χ1n) is 10.2. The van der Waals surface area contributed by atoms with Gasteiger partial charge in [-0.2, -0.15) is 20.1 Å². The molecule has 0 saturated heterocycles. The van der Waals surface area contributed by atoms with Gasteiger partial charge in [0.15, 0.2) is 0 Å². The predicted molar refractivity (Wildman–Crippen MR) is 131 cm³/mol. The van der Waals surface area contributed by atoms with Crippen molar-refractivity contribution >= 4 is 41.5 Å². The van der Waals surface area contributed by atoms with Crippen molar-refractivity contribution in [2.45, 2.75) is 6.92 Å². The number of hydrogen-bond donors (Lipinski definition) is 3. The highest BCUT2D eigenvalue weighted by molar-refractivity contribution is 5.85. The van der Waals surface area contributed by atoms with Crippen LogP contribution in [0.15, 0.2) is 102 Å². The Morgan fingerprint density at radius 3 is 1.66 bits per heavy atom. The highest BCUT2D eigenvalue weighted by Gasteiger charge is 2.07. The normalized spacial score (nSPS) is 11.3. The number of hydrogen-bond acceptors (Lipinski definition) is 7. The maximum absolute atomic E-state index is 4.48. The molecule has 4 aromatic rings. The van der Waals surface area contributed by atoms with Gasteiger partial charge in [-0.05, 0) is 42.3 Å². The van der Waals surface area contributed by atoms with Crippen LogP contribution >= 0.6 is 0 Å². The summed E-state index contributed by atoms with van der Waals surface area (Å²) in [7, 11) is 0. The second-order valence-electron chi connectivity index (χ2n) is 6.96. The summed E-state index contributed by atoms with van der Waals surface area (Å²) in [5.74, 6) is 1.12. The Labute approximate surface area is 187 Å². The third-order valence-corrected chi connectivity index (χ3v) is 4.32. The molecule has 0 aliphatic carbocycles. The molecule has 1 aromatic heterocycles. The van der Waals surface area contributed by atoms with Crippen LogP contribution in [0.4, 0.5) is 29.2 Å². The average molecular weight is 422 g/mol. The zero-order chi connectivity index (χ0) is 22.0. The summed E-state index contributed by atoms with van der Waals surface area (Å²) in [6.45, 7) is 1.98. The number of para-hydroxylation sites is 2. The lowest BCUT2D eigenvalue weighted by Gasteiger charge is -2.10. The maximum atomic E-state index is 4.48.